The Morgan fingerprint density at radius 3 is 2.67 bits per heavy atom. The van der Waals surface area contributed by atoms with Crippen LogP contribution in [0.4, 0.5) is 0 Å². The van der Waals surface area contributed by atoms with Crippen molar-refractivity contribution in [3.63, 3.8) is 0 Å². The summed E-state index contributed by atoms with van der Waals surface area (Å²) in [7, 11) is 1.91. The molecule has 0 spiro atoms. The Morgan fingerprint density at radius 2 is 1.90 bits per heavy atom. The number of hydrogen-bond acceptors (Lipinski definition) is 5. The third-order valence-corrected chi connectivity index (χ3v) is 3.35. The first-order valence-electron chi connectivity index (χ1n) is 6.77. The van der Waals surface area contributed by atoms with E-state index in [1.165, 1.54) is 4.80 Å². The molecule has 6 heteroatoms. The zero-order valence-electron chi connectivity index (χ0n) is 11.9. The lowest BCUT2D eigenvalue weighted by molar-refractivity contribution is 0.620. The van der Waals surface area contributed by atoms with Crippen LogP contribution >= 0.6 is 0 Å². The number of pyridine rings is 1. The minimum atomic E-state index is 0.153. The molecule has 0 amide bonds. The lowest BCUT2D eigenvalue weighted by Gasteiger charge is -2.13. The molecule has 21 heavy (non-hydrogen) atoms. The van der Waals surface area contributed by atoms with Gasteiger partial charge in [-0.15, -0.1) is 15.0 Å². The van der Waals surface area contributed by atoms with Gasteiger partial charge in [0, 0.05) is 23.4 Å². The highest BCUT2D eigenvalue weighted by Crippen LogP contribution is 2.19. The summed E-state index contributed by atoms with van der Waals surface area (Å²) in [6.07, 6.45) is 1.73. The second-order valence-corrected chi connectivity index (χ2v) is 4.70. The van der Waals surface area contributed by atoms with Crippen molar-refractivity contribution in [1.82, 2.24) is 30.5 Å². The smallest absolute Gasteiger partial charge is 0.205 e. The lowest BCUT2D eigenvalue weighted by Crippen LogP contribution is -2.16. The zero-order chi connectivity index (χ0) is 14.7. The maximum absolute atomic E-state index is 4.43. The average molecular weight is 280 g/mol. The van der Waals surface area contributed by atoms with Crippen molar-refractivity contribution < 1.29 is 0 Å². The van der Waals surface area contributed by atoms with Gasteiger partial charge in [0.1, 0.15) is 0 Å². The number of aromatic nitrogens is 5. The average Bonchev–Trinajstić information content (AvgIpc) is 3.05. The Balaban J connectivity index is 2.01. The third kappa shape index (κ3) is 2.66. The zero-order valence-corrected chi connectivity index (χ0v) is 11.9. The lowest BCUT2D eigenvalue weighted by atomic mass is 10.1. The molecule has 1 N–H and O–H groups in total. The molecular formula is C15H16N6. The van der Waals surface area contributed by atoms with Gasteiger partial charge < -0.3 is 5.32 Å². The van der Waals surface area contributed by atoms with Crippen LogP contribution in [0.5, 0.6) is 0 Å². The maximum atomic E-state index is 4.43. The summed E-state index contributed by atoms with van der Waals surface area (Å²) in [4.78, 5) is 5.86. The molecule has 3 aromatic rings. The van der Waals surface area contributed by atoms with Crippen LogP contribution < -0.4 is 5.32 Å². The van der Waals surface area contributed by atoms with E-state index in [0.717, 1.165) is 11.1 Å². The topological polar surface area (TPSA) is 68.5 Å². The minimum absolute atomic E-state index is 0.153. The number of nitrogens with one attached hydrogen (secondary N) is 1. The van der Waals surface area contributed by atoms with Crippen molar-refractivity contribution >= 4 is 0 Å². The van der Waals surface area contributed by atoms with Crippen molar-refractivity contribution in [2.75, 3.05) is 7.05 Å². The van der Waals surface area contributed by atoms with Gasteiger partial charge in [-0.25, -0.2) is 4.98 Å². The quantitative estimate of drug-likeness (QED) is 0.791. The molecule has 1 unspecified atom stereocenters. The maximum Gasteiger partial charge on any atom is 0.205 e. The first kappa shape index (κ1) is 13.4. The first-order valence-corrected chi connectivity index (χ1v) is 6.77. The van der Waals surface area contributed by atoms with Crippen molar-refractivity contribution in [3.05, 3.63) is 54.2 Å². The van der Waals surface area contributed by atoms with Crippen LogP contribution in [0.15, 0.2) is 48.7 Å². The molecular weight excluding hydrogens is 264 g/mol. The molecule has 1 atom stereocenters. The summed E-state index contributed by atoms with van der Waals surface area (Å²) < 4.78 is 0. The largest absolute Gasteiger partial charge is 0.313 e. The van der Waals surface area contributed by atoms with Gasteiger partial charge in [-0.2, -0.15) is 0 Å². The first-order chi connectivity index (χ1) is 10.3. The second-order valence-electron chi connectivity index (χ2n) is 4.70. The number of nitrogens with zero attached hydrogens (tertiary/aromatic N) is 5. The number of rotatable bonds is 4. The van der Waals surface area contributed by atoms with E-state index in [4.69, 9.17) is 0 Å². The Labute approximate surface area is 122 Å². The molecule has 0 aliphatic rings. The Bertz CT molecular complexity index is 722. The molecule has 2 aromatic heterocycles. The van der Waals surface area contributed by atoms with Crippen LogP contribution in [0.25, 0.3) is 17.2 Å². The summed E-state index contributed by atoms with van der Waals surface area (Å²) in [6.45, 7) is 2.07. The van der Waals surface area contributed by atoms with Gasteiger partial charge in [0.25, 0.3) is 0 Å². The van der Waals surface area contributed by atoms with Crippen molar-refractivity contribution in [1.29, 1.82) is 0 Å². The Kier molecular flexibility index (Phi) is 3.70. The Hall–Kier alpha value is -2.60. The van der Waals surface area contributed by atoms with E-state index < -0.39 is 0 Å². The summed E-state index contributed by atoms with van der Waals surface area (Å²) in [5, 5.41) is 15.9. The fourth-order valence-corrected chi connectivity index (χ4v) is 2.08. The summed E-state index contributed by atoms with van der Waals surface area (Å²) in [5.74, 6) is 1.28. The van der Waals surface area contributed by atoms with Crippen LogP contribution in [0.3, 0.4) is 0 Å². The highest BCUT2D eigenvalue weighted by molar-refractivity contribution is 5.53. The van der Waals surface area contributed by atoms with Gasteiger partial charge in [-0.3, -0.25) is 0 Å². The van der Waals surface area contributed by atoms with Crippen LogP contribution in [-0.4, -0.2) is 32.2 Å². The molecule has 0 radical (unpaired) electrons. The van der Waals surface area contributed by atoms with Crippen LogP contribution in [-0.2, 0) is 0 Å². The van der Waals surface area contributed by atoms with Gasteiger partial charge >= 0.3 is 0 Å². The minimum Gasteiger partial charge on any atom is -0.313 e. The predicted octanol–water partition coefficient (Wildman–Crippen LogP) is 2.00. The van der Waals surface area contributed by atoms with Crippen LogP contribution in [0, 0.1) is 0 Å². The molecule has 0 aliphatic heterocycles. The van der Waals surface area contributed by atoms with Gasteiger partial charge in [-0.05, 0) is 25.3 Å². The molecule has 0 fully saturated rings. The number of hydrogen-bond donors (Lipinski definition) is 1. The van der Waals surface area contributed by atoms with Crippen molar-refractivity contribution in [2.45, 2.75) is 13.0 Å². The fourth-order valence-electron chi connectivity index (χ4n) is 2.08. The molecule has 3 rings (SSSR count). The molecule has 0 saturated heterocycles. The van der Waals surface area contributed by atoms with E-state index in [-0.39, 0.29) is 6.04 Å². The normalized spacial score (nSPS) is 12.3. The fraction of sp³-hybridized carbons (Fsp3) is 0.200. The SMILES string of the molecule is CNC(C)c1cccnc1-n1nnc(-c2ccccc2)n1. The summed E-state index contributed by atoms with van der Waals surface area (Å²) >= 11 is 0. The summed E-state index contributed by atoms with van der Waals surface area (Å²) in [6, 6.07) is 13.8. The molecule has 0 saturated carbocycles. The van der Waals surface area contributed by atoms with Crippen molar-refractivity contribution in [3.8, 4) is 17.2 Å². The predicted molar refractivity (Wildman–Crippen MR) is 79.9 cm³/mol. The van der Waals surface area contributed by atoms with Gasteiger partial charge in [-0.1, -0.05) is 36.4 Å². The molecule has 0 aliphatic carbocycles. The van der Waals surface area contributed by atoms with E-state index in [0.29, 0.717) is 11.6 Å². The molecule has 6 nitrogen and oxygen atoms in total. The van der Waals surface area contributed by atoms with E-state index in [1.807, 2.05) is 49.5 Å². The summed E-state index contributed by atoms with van der Waals surface area (Å²) in [5.41, 5.74) is 1.96. The molecule has 0 bridgehead atoms. The van der Waals surface area contributed by atoms with Crippen LogP contribution in [0.2, 0.25) is 0 Å². The number of benzene rings is 1. The van der Waals surface area contributed by atoms with Gasteiger partial charge in [0.15, 0.2) is 5.82 Å². The van der Waals surface area contributed by atoms with E-state index in [1.54, 1.807) is 6.20 Å². The van der Waals surface area contributed by atoms with E-state index in [2.05, 4.69) is 32.6 Å². The van der Waals surface area contributed by atoms with Gasteiger partial charge in [0.05, 0.1) is 0 Å². The molecule has 1 aromatic carbocycles. The van der Waals surface area contributed by atoms with Crippen molar-refractivity contribution in [2.24, 2.45) is 0 Å². The molecule has 2 heterocycles. The third-order valence-electron chi connectivity index (χ3n) is 3.35. The standard InChI is InChI=1S/C15H16N6/c1-11(16-2)13-9-6-10-17-15(13)21-19-14(18-20-21)12-7-4-3-5-8-12/h3-11,16H,1-2H3. The van der Waals surface area contributed by atoms with E-state index >= 15 is 0 Å². The van der Waals surface area contributed by atoms with Crippen LogP contribution in [0.1, 0.15) is 18.5 Å². The second kappa shape index (κ2) is 5.80. The Morgan fingerprint density at radius 1 is 1.10 bits per heavy atom. The highest BCUT2D eigenvalue weighted by Gasteiger charge is 2.14. The number of tetrazole rings is 1. The monoisotopic (exact) mass is 280 g/mol. The highest BCUT2D eigenvalue weighted by atomic mass is 15.6. The molecule has 106 valence electrons. The van der Waals surface area contributed by atoms with E-state index in [9.17, 15) is 0 Å². The van der Waals surface area contributed by atoms with Gasteiger partial charge in [0.2, 0.25) is 5.82 Å².